The first-order chi connectivity index (χ1) is 9.63. The summed E-state index contributed by atoms with van der Waals surface area (Å²) in [6, 6.07) is 5.76. The fourth-order valence-electron chi connectivity index (χ4n) is 2.71. The third-order valence-corrected chi connectivity index (χ3v) is 3.99. The number of hydrogen-bond donors (Lipinski definition) is 1. The number of pyridine rings is 2. The second-order valence-corrected chi connectivity index (χ2v) is 5.44. The summed E-state index contributed by atoms with van der Waals surface area (Å²) in [6.07, 6.45) is 3.91. The highest BCUT2D eigenvalue weighted by atomic mass is 16.1. The van der Waals surface area contributed by atoms with Crippen LogP contribution < -0.4 is 5.73 Å². The van der Waals surface area contributed by atoms with Crippen LogP contribution in [-0.2, 0) is 0 Å². The molecule has 0 saturated carbocycles. The van der Waals surface area contributed by atoms with Crippen molar-refractivity contribution >= 4 is 16.8 Å². The topological polar surface area (TPSA) is 72.1 Å². The first kappa shape index (κ1) is 13.0. The minimum Gasteiger partial charge on any atom is -0.364 e. The largest absolute Gasteiger partial charge is 0.364 e. The summed E-state index contributed by atoms with van der Waals surface area (Å²) in [4.78, 5) is 22.2. The minimum atomic E-state index is -0.508. The van der Waals surface area contributed by atoms with Crippen molar-refractivity contribution in [2.24, 2.45) is 5.73 Å². The molecular formula is C15H18N4O. The molecule has 2 aromatic heterocycles. The standard InChI is InChI=1S/C15H18N4O/c1-19-6-4-10(5-7-19)12-3-2-11-8-13(15(16)20)17-9-14(11)18-12/h2-3,8-10H,4-7H2,1H3,(H2,16,20). The second kappa shape index (κ2) is 5.17. The van der Waals surface area contributed by atoms with E-state index >= 15 is 0 Å². The van der Waals surface area contributed by atoms with Crippen molar-refractivity contribution < 1.29 is 4.79 Å². The van der Waals surface area contributed by atoms with E-state index < -0.39 is 5.91 Å². The van der Waals surface area contributed by atoms with Crippen molar-refractivity contribution in [3.63, 3.8) is 0 Å². The van der Waals surface area contributed by atoms with E-state index in [9.17, 15) is 4.79 Å². The Labute approximate surface area is 117 Å². The van der Waals surface area contributed by atoms with Crippen molar-refractivity contribution in [1.82, 2.24) is 14.9 Å². The van der Waals surface area contributed by atoms with Crippen molar-refractivity contribution in [3.05, 3.63) is 35.8 Å². The van der Waals surface area contributed by atoms with Crippen LogP contribution in [0.3, 0.4) is 0 Å². The molecule has 3 rings (SSSR count). The number of fused-ring (bicyclic) bond motifs is 1. The van der Waals surface area contributed by atoms with Gasteiger partial charge in [0.25, 0.3) is 5.91 Å². The number of aromatic nitrogens is 2. The molecule has 0 radical (unpaired) electrons. The van der Waals surface area contributed by atoms with E-state index in [0.717, 1.165) is 42.5 Å². The summed E-state index contributed by atoms with van der Waals surface area (Å²) in [7, 11) is 2.15. The number of rotatable bonds is 2. The van der Waals surface area contributed by atoms with E-state index in [1.54, 1.807) is 12.3 Å². The summed E-state index contributed by atoms with van der Waals surface area (Å²) in [5.74, 6) is 0.0118. The van der Waals surface area contributed by atoms with E-state index in [2.05, 4.69) is 23.0 Å². The first-order valence-electron chi connectivity index (χ1n) is 6.88. The summed E-state index contributed by atoms with van der Waals surface area (Å²) in [5.41, 5.74) is 7.47. The van der Waals surface area contributed by atoms with Crippen molar-refractivity contribution in [2.75, 3.05) is 20.1 Å². The van der Waals surface area contributed by atoms with E-state index in [1.807, 2.05) is 6.07 Å². The van der Waals surface area contributed by atoms with Crippen molar-refractivity contribution in [1.29, 1.82) is 0 Å². The van der Waals surface area contributed by atoms with Crippen molar-refractivity contribution in [2.45, 2.75) is 18.8 Å². The third kappa shape index (κ3) is 2.49. The lowest BCUT2D eigenvalue weighted by Gasteiger charge is -2.28. The van der Waals surface area contributed by atoms with Gasteiger partial charge in [-0.15, -0.1) is 0 Å². The Morgan fingerprint density at radius 3 is 2.80 bits per heavy atom. The molecule has 0 spiro atoms. The molecule has 1 amide bonds. The van der Waals surface area contributed by atoms with Gasteiger partial charge in [0.15, 0.2) is 0 Å². The number of primary amides is 1. The smallest absolute Gasteiger partial charge is 0.267 e. The second-order valence-electron chi connectivity index (χ2n) is 5.44. The maximum absolute atomic E-state index is 11.1. The molecule has 104 valence electrons. The first-order valence-corrected chi connectivity index (χ1v) is 6.88. The molecule has 0 aromatic carbocycles. The van der Waals surface area contributed by atoms with Gasteiger partial charge in [0.2, 0.25) is 0 Å². The summed E-state index contributed by atoms with van der Waals surface area (Å²) in [6.45, 7) is 2.23. The van der Waals surface area contributed by atoms with E-state index in [0.29, 0.717) is 5.92 Å². The molecule has 1 fully saturated rings. The van der Waals surface area contributed by atoms with Gasteiger partial charge in [-0.3, -0.25) is 9.78 Å². The van der Waals surface area contributed by atoms with Crippen LogP contribution in [0.25, 0.3) is 10.9 Å². The van der Waals surface area contributed by atoms with Crippen LogP contribution in [0.5, 0.6) is 0 Å². The Morgan fingerprint density at radius 1 is 1.35 bits per heavy atom. The normalized spacial score (nSPS) is 17.4. The molecule has 0 aliphatic carbocycles. The number of likely N-dealkylation sites (tertiary alicyclic amines) is 1. The van der Waals surface area contributed by atoms with Crippen LogP contribution in [0.4, 0.5) is 0 Å². The third-order valence-electron chi connectivity index (χ3n) is 3.99. The highest BCUT2D eigenvalue weighted by Crippen LogP contribution is 2.27. The lowest BCUT2D eigenvalue weighted by molar-refractivity contribution is 0.0996. The molecule has 1 aliphatic rings. The van der Waals surface area contributed by atoms with Gasteiger partial charge in [-0.05, 0) is 45.1 Å². The maximum atomic E-state index is 11.1. The quantitative estimate of drug-likeness (QED) is 0.898. The number of amides is 1. The molecule has 0 bridgehead atoms. The number of carbonyl (C=O) groups excluding carboxylic acids is 1. The lowest BCUT2D eigenvalue weighted by atomic mass is 9.93. The van der Waals surface area contributed by atoms with Gasteiger partial charge in [0.1, 0.15) is 5.69 Å². The molecule has 1 aliphatic heterocycles. The van der Waals surface area contributed by atoms with Gasteiger partial charge < -0.3 is 10.6 Å². The van der Waals surface area contributed by atoms with Crippen molar-refractivity contribution in [3.8, 4) is 0 Å². The molecular weight excluding hydrogens is 252 g/mol. The molecule has 3 heterocycles. The molecule has 5 nitrogen and oxygen atoms in total. The number of nitrogens with two attached hydrogens (primary N) is 1. The molecule has 1 saturated heterocycles. The molecule has 2 aromatic rings. The molecule has 5 heteroatoms. The number of hydrogen-bond acceptors (Lipinski definition) is 4. The van der Waals surface area contributed by atoms with Gasteiger partial charge in [0.05, 0.1) is 11.7 Å². The molecule has 0 atom stereocenters. The van der Waals surface area contributed by atoms with Crippen LogP contribution in [-0.4, -0.2) is 40.9 Å². The Hall–Kier alpha value is -2.01. The van der Waals surface area contributed by atoms with E-state index in [1.165, 1.54) is 0 Å². The Balaban J connectivity index is 1.91. The molecule has 20 heavy (non-hydrogen) atoms. The highest BCUT2D eigenvalue weighted by Gasteiger charge is 2.19. The molecule has 2 N–H and O–H groups in total. The fraction of sp³-hybridized carbons (Fsp3) is 0.400. The summed E-state index contributed by atoms with van der Waals surface area (Å²) in [5, 5.41) is 0.908. The van der Waals surface area contributed by atoms with Gasteiger partial charge in [-0.1, -0.05) is 6.07 Å². The zero-order valence-electron chi connectivity index (χ0n) is 11.5. The zero-order chi connectivity index (χ0) is 14.1. The predicted octanol–water partition coefficient (Wildman–Crippen LogP) is 1.54. The Morgan fingerprint density at radius 2 is 2.10 bits per heavy atom. The Kier molecular flexibility index (Phi) is 3.36. The summed E-state index contributed by atoms with van der Waals surface area (Å²) < 4.78 is 0. The van der Waals surface area contributed by atoms with Crippen LogP contribution in [0, 0.1) is 0 Å². The molecule has 0 unspecified atom stereocenters. The van der Waals surface area contributed by atoms with Gasteiger partial charge >= 0.3 is 0 Å². The lowest BCUT2D eigenvalue weighted by Crippen LogP contribution is -2.29. The number of piperidine rings is 1. The minimum absolute atomic E-state index is 0.284. The van der Waals surface area contributed by atoms with Gasteiger partial charge in [0, 0.05) is 17.0 Å². The van der Waals surface area contributed by atoms with E-state index in [-0.39, 0.29) is 5.69 Å². The summed E-state index contributed by atoms with van der Waals surface area (Å²) >= 11 is 0. The average molecular weight is 270 g/mol. The van der Waals surface area contributed by atoms with Gasteiger partial charge in [-0.25, -0.2) is 4.98 Å². The van der Waals surface area contributed by atoms with Crippen LogP contribution >= 0.6 is 0 Å². The monoisotopic (exact) mass is 270 g/mol. The average Bonchev–Trinajstić information content (AvgIpc) is 2.47. The van der Waals surface area contributed by atoms with Gasteiger partial charge in [-0.2, -0.15) is 0 Å². The fourth-order valence-corrected chi connectivity index (χ4v) is 2.71. The van der Waals surface area contributed by atoms with Crippen LogP contribution in [0.2, 0.25) is 0 Å². The van der Waals surface area contributed by atoms with Crippen LogP contribution in [0.15, 0.2) is 24.4 Å². The number of carbonyl (C=O) groups is 1. The Bertz CT molecular complexity index is 647. The highest BCUT2D eigenvalue weighted by molar-refractivity contribution is 5.94. The van der Waals surface area contributed by atoms with Crippen LogP contribution in [0.1, 0.15) is 34.9 Å². The van der Waals surface area contributed by atoms with E-state index in [4.69, 9.17) is 10.7 Å². The zero-order valence-corrected chi connectivity index (χ0v) is 11.5. The SMILES string of the molecule is CN1CCC(c2ccc3cc(C(N)=O)ncc3n2)CC1. The number of nitrogens with zero attached hydrogens (tertiary/aromatic N) is 3. The maximum Gasteiger partial charge on any atom is 0.267 e. The predicted molar refractivity (Wildman–Crippen MR) is 77.5 cm³/mol.